The fourth-order valence-electron chi connectivity index (χ4n) is 1.28. The van der Waals surface area contributed by atoms with Crippen LogP contribution in [0.1, 0.15) is 12.8 Å². The lowest BCUT2D eigenvalue weighted by Crippen LogP contribution is -2.18. The van der Waals surface area contributed by atoms with E-state index in [9.17, 15) is 0 Å². The SMILES string of the molecule is CN(c1c[c]ccc1)C1CC1. The minimum Gasteiger partial charge on any atom is -0.372 e. The Morgan fingerprint density at radius 2 is 2.36 bits per heavy atom. The normalized spacial score (nSPS) is 16.5. The molecule has 1 aliphatic rings. The second kappa shape index (κ2) is 2.57. The van der Waals surface area contributed by atoms with Crippen LogP contribution >= 0.6 is 0 Å². The Morgan fingerprint density at radius 1 is 1.55 bits per heavy atom. The van der Waals surface area contributed by atoms with Crippen LogP contribution in [0.5, 0.6) is 0 Å². The van der Waals surface area contributed by atoms with Gasteiger partial charge in [0.2, 0.25) is 0 Å². The Balaban J connectivity index is 2.15. The molecule has 0 spiro atoms. The molecule has 0 aromatic heterocycles. The predicted molar refractivity (Wildman–Crippen MR) is 46.7 cm³/mol. The van der Waals surface area contributed by atoms with Crippen LogP contribution in [-0.2, 0) is 0 Å². The van der Waals surface area contributed by atoms with E-state index in [0.717, 1.165) is 6.04 Å². The molecule has 0 saturated heterocycles. The maximum Gasteiger partial charge on any atom is 0.0372 e. The molecule has 1 nitrogen and oxygen atoms in total. The summed E-state index contributed by atoms with van der Waals surface area (Å²) >= 11 is 0. The second-order valence-electron chi connectivity index (χ2n) is 3.10. The third-order valence-corrected chi connectivity index (χ3v) is 2.19. The highest BCUT2D eigenvalue weighted by Gasteiger charge is 2.25. The van der Waals surface area contributed by atoms with Gasteiger partial charge in [0.15, 0.2) is 0 Å². The Hall–Kier alpha value is -0.980. The van der Waals surface area contributed by atoms with Crippen LogP contribution in [0.4, 0.5) is 5.69 Å². The molecule has 1 aromatic rings. The maximum absolute atomic E-state index is 3.08. The van der Waals surface area contributed by atoms with Gasteiger partial charge >= 0.3 is 0 Å². The van der Waals surface area contributed by atoms with Gasteiger partial charge in [-0.25, -0.2) is 0 Å². The average Bonchev–Trinajstić information content (AvgIpc) is 2.87. The van der Waals surface area contributed by atoms with Crippen LogP contribution in [0.25, 0.3) is 0 Å². The summed E-state index contributed by atoms with van der Waals surface area (Å²) in [4.78, 5) is 2.33. The standard InChI is InChI=1S/C10H12N/c1-11(10-7-8-10)9-5-3-2-4-6-9/h2-3,5-6,10H,7-8H2,1H3. The zero-order chi connectivity index (χ0) is 7.68. The zero-order valence-electron chi connectivity index (χ0n) is 6.75. The number of benzene rings is 1. The van der Waals surface area contributed by atoms with E-state index in [1.54, 1.807) is 0 Å². The molecule has 0 aliphatic heterocycles. The quantitative estimate of drug-likeness (QED) is 0.617. The molecule has 0 atom stereocenters. The van der Waals surface area contributed by atoms with E-state index in [4.69, 9.17) is 0 Å². The first-order valence-corrected chi connectivity index (χ1v) is 4.07. The lowest BCUT2D eigenvalue weighted by Gasteiger charge is -2.17. The van der Waals surface area contributed by atoms with E-state index in [-0.39, 0.29) is 0 Å². The predicted octanol–water partition coefficient (Wildman–Crippen LogP) is 2.09. The van der Waals surface area contributed by atoms with Crippen molar-refractivity contribution in [1.82, 2.24) is 0 Å². The summed E-state index contributed by atoms with van der Waals surface area (Å²) in [6, 6.07) is 12.0. The molecule has 0 heterocycles. The summed E-state index contributed by atoms with van der Waals surface area (Å²) in [5, 5.41) is 0. The molecule has 0 amide bonds. The molecular weight excluding hydrogens is 134 g/mol. The molecule has 11 heavy (non-hydrogen) atoms. The van der Waals surface area contributed by atoms with Crippen molar-refractivity contribution in [2.24, 2.45) is 0 Å². The van der Waals surface area contributed by atoms with Crippen molar-refractivity contribution in [2.45, 2.75) is 18.9 Å². The Bertz CT molecular complexity index is 226. The molecule has 0 bridgehead atoms. The van der Waals surface area contributed by atoms with Crippen molar-refractivity contribution in [3.8, 4) is 0 Å². The summed E-state index contributed by atoms with van der Waals surface area (Å²) < 4.78 is 0. The highest BCUT2D eigenvalue weighted by Crippen LogP contribution is 2.29. The van der Waals surface area contributed by atoms with Gasteiger partial charge in [0.05, 0.1) is 0 Å². The van der Waals surface area contributed by atoms with E-state index in [1.165, 1.54) is 18.5 Å². The lowest BCUT2D eigenvalue weighted by atomic mass is 10.3. The Labute approximate surface area is 67.6 Å². The van der Waals surface area contributed by atoms with Gasteiger partial charge in [0.25, 0.3) is 0 Å². The average molecular weight is 146 g/mol. The van der Waals surface area contributed by atoms with Crippen LogP contribution in [0.15, 0.2) is 24.3 Å². The van der Waals surface area contributed by atoms with Gasteiger partial charge < -0.3 is 4.90 Å². The van der Waals surface area contributed by atoms with Crippen molar-refractivity contribution in [3.63, 3.8) is 0 Å². The smallest absolute Gasteiger partial charge is 0.0372 e. The summed E-state index contributed by atoms with van der Waals surface area (Å²) in [5.74, 6) is 0. The van der Waals surface area contributed by atoms with Crippen LogP contribution in [0.2, 0.25) is 0 Å². The minimum atomic E-state index is 0.797. The van der Waals surface area contributed by atoms with E-state index in [1.807, 2.05) is 18.2 Å². The zero-order valence-corrected chi connectivity index (χ0v) is 6.75. The summed E-state index contributed by atoms with van der Waals surface area (Å²) in [6.45, 7) is 0. The Morgan fingerprint density at radius 3 is 2.91 bits per heavy atom. The second-order valence-corrected chi connectivity index (χ2v) is 3.10. The van der Waals surface area contributed by atoms with Crippen molar-refractivity contribution in [1.29, 1.82) is 0 Å². The van der Waals surface area contributed by atoms with Crippen LogP contribution in [0.3, 0.4) is 0 Å². The van der Waals surface area contributed by atoms with Crippen molar-refractivity contribution in [3.05, 3.63) is 30.3 Å². The molecule has 2 rings (SSSR count). The fourth-order valence-corrected chi connectivity index (χ4v) is 1.28. The highest BCUT2D eigenvalue weighted by molar-refractivity contribution is 5.46. The summed E-state index contributed by atoms with van der Waals surface area (Å²) in [6.07, 6.45) is 2.71. The van der Waals surface area contributed by atoms with E-state index >= 15 is 0 Å². The lowest BCUT2D eigenvalue weighted by molar-refractivity contribution is 0.917. The van der Waals surface area contributed by atoms with Gasteiger partial charge in [-0.2, -0.15) is 0 Å². The fraction of sp³-hybridized carbons (Fsp3) is 0.400. The van der Waals surface area contributed by atoms with Crippen molar-refractivity contribution >= 4 is 5.69 Å². The molecular formula is C10H12N. The summed E-state index contributed by atoms with van der Waals surface area (Å²) in [7, 11) is 2.15. The van der Waals surface area contributed by atoms with Gasteiger partial charge in [-0.05, 0) is 31.0 Å². The van der Waals surface area contributed by atoms with Crippen molar-refractivity contribution < 1.29 is 0 Å². The number of hydrogen-bond donors (Lipinski definition) is 0. The van der Waals surface area contributed by atoms with Gasteiger partial charge in [0, 0.05) is 18.8 Å². The molecule has 1 heteroatoms. The molecule has 1 aliphatic carbocycles. The first-order chi connectivity index (χ1) is 5.38. The van der Waals surface area contributed by atoms with Gasteiger partial charge in [-0.1, -0.05) is 12.1 Å². The highest BCUT2D eigenvalue weighted by atomic mass is 15.2. The van der Waals surface area contributed by atoms with Gasteiger partial charge in [0.1, 0.15) is 0 Å². The molecule has 1 saturated carbocycles. The third kappa shape index (κ3) is 1.37. The number of anilines is 1. The molecule has 1 aromatic carbocycles. The Kier molecular flexibility index (Phi) is 1.57. The van der Waals surface area contributed by atoms with Gasteiger partial charge in [-0.15, -0.1) is 0 Å². The topological polar surface area (TPSA) is 3.24 Å². The molecule has 57 valence electrons. The van der Waals surface area contributed by atoms with Crippen LogP contribution in [0, 0.1) is 6.07 Å². The molecule has 0 N–H and O–H groups in total. The molecule has 0 unspecified atom stereocenters. The van der Waals surface area contributed by atoms with E-state index in [2.05, 4.69) is 24.1 Å². The van der Waals surface area contributed by atoms with E-state index in [0.29, 0.717) is 0 Å². The van der Waals surface area contributed by atoms with Crippen LogP contribution < -0.4 is 4.90 Å². The van der Waals surface area contributed by atoms with Gasteiger partial charge in [-0.3, -0.25) is 0 Å². The monoisotopic (exact) mass is 146 g/mol. The van der Waals surface area contributed by atoms with E-state index < -0.39 is 0 Å². The summed E-state index contributed by atoms with van der Waals surface area (Å²) in [5.41, 5.74) is 1.29. The maximum atomic E-state index is 3.08. The van der Waals surface area contributed by atoms with Crippen LogP contribution in [-0.4, -0.2) is 13.1 Å². The minimum absolute atomic E-state index is 0.797. The first kappa shape index (κ1) is 6.71. The molecule has 1 fully saturated rings. The number of hydrogen-bond acceptors (Lipinski definition) is 1. The number of rotatable bonds is 2. The number of nitrogens with zero attached hydrogens (tertiary/aromatic N) is 1. The third-order valence-electron chi connectivity index (χ3n) is 2.19. The molecule has 1 radical (unpaired) electrons. The first-order valence-electron chi connectivity index (χ1n) is 4.07. The largest absolute Gasteiger partial charge is 0.372 e. The van der Waals surface area contributed by atoms with Crippen molar-refractivity contribution in [2.75, 3.05) is 11.9 Å².